The number of hydrogen-bond donors (Lipinski definition) is 0. The van der Waals surface area contributed by atoms with Gasteiger partial charge in [0.05, 0.1) is 12.2 Å². The van der Waals surface area contributed by atoms with Crippen LogP contribution in [0.2, 0.25) is 0 Å². The predicted octanol–water partition coefficient (Wildman–Crippen LogP) is 4.17. The standard InChI is InChI=1S/C21H29N3O3S/c1-13-16-14(2)22-20(21(3,4)5)23-18(16)28-17(13)19(26)27-12-11-24-10-8-6-7-9-15(24)25/h6-12H2,1-5H3. The highest BCUT2D eigenvalue weighted by Gasteiger charge is 2.24. The van der Waals surface area contributed by atoms with Gasteiger partial charge in [0.25, 0.3) is 0 Å². The van der Waals surface area contributed by atoms with Crippen molar-refractivity contribution >= 4 is 33.4 Å². The van der Waals surface area contributed by atoms with Gasteiger partial charge < -0.3 is 9.64 Å². The summed E-state index contributed by atoms with van der Waals surface area (Å²) in [7, 11) is 0. The number of thiophene rings is 1. The number of fused-ring (bicyclic) bond motifs is 1. The van der Waals surface area contributed by atoms with Gasteiger partial charge in [0, 0.05) is 23.8 Å². The van der Waals surface area contributed by atoms with Gasteiger partial charge in [-0.1, -0.05) is 27.2 Å². The number of likely N-dealkylation sites (tertiary alicyclic amines) is 1. The molecule has 28 heavy (non-hydrogen) atoms. The summed E-state index contributed by atoms with van der Waals surface area (Å²) in [4.78, 5) is 37.3. The van der Waals surface area contributed by atoms with Crippen molar-refractivity contribution < 1.29 is 14.3 Å². The summed E-state index contributed by atoms with van der Waals surface area (Å²) in [5.41, 5.74) is 1.60. The summed E-state index contributed by atoms with van der Waals surface area (Å²) in [6.07, 6.45) is 3.65. The number of esters is 1. The molecule has 0 atom stereocenters. The Bertz CT molecular complexity index is 898. The first-order chi connectivity index (χ1) is 13.2. The summed E-state index contributed by atoms with van der Waals surface area (Å²) in [6.45, 7) is 11.5. The number of carbonyl (C=O) groups excluding carboxylic acids is 2. The van der Waals surface area contributed by atoms with Crippen LogP contribution < -0.4 is 0 Å². The molecule has 0 N–H and O–H groups in total. The van der Waals surface area contributed by atoms with Crippen LogP contribution in [0, 0.1) is 13.8 Å². The van der Waals surface area contributed by atoms with Gasteiger partial charge in [-0.05, 0) is 32.3 Å². The molecular formula is C21H29N3O3S. The van der Waals surface area contributed by atoms with Crippen LogP contribution in [0.4, 0.5) is 0 Å². The summed E-state index contributed by atoms with van der Waals surface area (Å²) in [6, 6.07) is 0. The number of carbonyl (C=O) groups is 2. The summed E-state index contributed by atoms with van der Waals surface area (Å²) >= 11 is 1.36. The molecule has 0 radical (unpaired) electrons. The van der Waals surface area contributed by atoms with Gasteiger partial charge in [-0.3, -0.25) is 4.79 Å². The minimum atomic E-state index is -0.348. The van der Waals surface area contributed by atoms with Crippen molar-refractivity contribution in [1.29, 1.82) is 0 Å². The van der Waals surface area contributed by atoms with Gasteiger partial charge in [0.15, 0.2) is 0 Å². The van der Waals surface area contributed by atoms with E-state index >= 15 is 0 Å². The van der Waals surface area contributed by atoms with Crippen LogP contribution in [0.5, 0.6) is 0 Å². The largest absolute Gasteiger partial charge is 0.460 e. The minimum absolute atomic E-state index is 0.156. The van der Waals surface area contributed by atoms with Crippen LogP contribution >= 0.6 is 11.3 Å². The normalized spacial score (nSPS) is 15.8. The summed E-state index contributed by atoms with van der Waals surface area (Å²) in [5, 5.41) is 0.938. The molecule has 0 saturated carbocycles. The van der Waals surface area contributed by atoms with Crippen molar-refractivity contribution in [2.45, 2.75) is 65.7 Å². The number of hydrogen-bond acceptors (Lipinski definition) is 6. The quantitative estimate of drug-likeness (QED) is 0.717. The smallest absolute Gasteiger partial charge is 0.348 e. The zero-order chi connectivity index (χ0) is 20.5. The van der Waals surface area contributed by atoms with E-state index < -0.39 is 0 Å². The average Bonchev–Trinajstić information content (AvgIpc) is 2.82. The van der Waals surface area contributed by atoms with Crippen LogP contribution in [0.15, 0.2) is 0 Å². The molecule has 1 aliphatic heterocycles. The molecule has 6 nitrogen and oxygen atoms in total. The lowest BCUT2D eigenvalue weighted by molar-refractivity contribution is -0.131. The third-order valence-corrected chi connectivity index (χ3v) is 6.26. The SMILES string of the molecule is Cc1nc(C(C)(C)C)nc2sc(C(=O)OCCN3CCCCCC3=O)c(C)c12. The van der Waals surface area contributed by atoms with Crippen molar-refractivity contribution in [1.82, 2.24) is 14.9 Å². The fourth-order valence-electron chi connectivity index (χ4n) is 3.46. The fraction of sp³-hybridized carbons (Fsp3) is 0.619. The van der Waals surface area contributed by atoms with E-state index in [-0.39, 0.29) is 23.9 Å². The maximum Gasteiger partial charge on any atom is 0.348 e. The van der Waals surface area contributed by atoms with E-state index in [1.54, 1.807) is 0 Å². The highest BCUT2D eigenvalue weighted by Crippen LogP contribution is 2.33. The van der Waals surface area contributed by atoms with Crippen molar-refractivity contribution in [3.63, 3.8) is 0 Å². The molecule has 1 aliphatic rings. The third kappa shape index (κ3) is 4.35. The highest BCUT2D eigenvalue weighted by atomic mass is 32.1. The Morgan fingerprint density at radius 2 is 1.93 bits per heavy atom. The number of rotatable bonds is 4. The van der Waals surface area contributed by atoms with Crippen LogP contribution in [-0.2, 0) is 14.9 Å². The molecule has 0 spiro atoms. The molecule has 0 aromatic carbocycles. The third-order valence-electron chi connectivity index (χ3n) is 5.09. The minimum Gasteiger partial charge on any atom is -0.460 e. The van der Waals surface area contributed by atoms with Crippen molar-refractivity contribution in [3.05, 3.63) is 22.0 Å². The fourth-order valence-corrected chi connectivity index (χ4v) is 4.58. The van der Waals surface area contributed by atoms with Gasteiger partial charge in [0.2, 0.25) is 5.91 Å². The number of amides is 1. The van der Waals surface area contributed by atoms with Crippen LogP contribution in [0.3, 0.4) is 0 Å². The Labute approximate surface area is 170 Å². The molecular weight excluding hydrogens is 374 g/mol. The molecule has 3 heterocycles. The summed E-state index contributed by atoms with van der Waals surface area (Å²) < 4.78 is 5.50. The van der Waals surface area contributed by atoms with Gasteiger partial charge in [-0.25, -0.2) is 14.8 Å². The van der Waals surface area contributed by atoms with E-state index in [0.717, 1.165) is 53.1 Å². The number of nitrogens with zero attached hydrogens (tertiary/aromatic N) is 3. The lowest BCUT2D eigenvalue weighted by Gasteiger charge is -2.20. The number of ether oxygens (including phenoxy) is 1. The van der Waals surface area contributed by atoms with E-state index in [4.69, 9.17) is 9.72 Å². The Kier molecular flexibility index (Phi) is 6.03. The Morgan fingerprint density at radius 1 is 1.18 bits per heavy atom. The predicted molar refractivity (Wildman–Crippen MR) is 111 cm³/mol. The first-order valence-corrected chi connectivity index (χ1v) is 10.7. The monoisotopic (exact) mass is 403 g/mol. The van der Waals surface area contributed by atoms with Crippen LogP contribution in [0.25, 0.3) is 10.2 Å². The van der Waals surface area contributed by atoms with Gasteiger partial charge in [-0.15, -0.1) is 11.3 Å². The Hall–Kier alpha value is -2.02. The zero-order valence-corrected chi connectivity index (χ0v) is 18.2. The summed E-state index contributed by atoms with van der Waals surface area (Å²) in [5.74, 6) is 0.588. The van der Waals surface area contributed by atoms with Gasteiger partial charge >= 0.3 is 5.97 Å². The zero-order valence-electron chi connectivity index (χ0n) is 17.4. The molecule has 1 amide bonds. The van der Waals surface area contributed by atoms with E-state index in [1.165, 1.54) is 11.3 Å². The van der Waals surface area contributed by atoms with Gasteiger partial charge in [0.1, 0.15) is 22.1 Å². The van der Waals surface area contributed by atoms with Crippen LogP contribution in [0.1, 0.15) is 73.2 Å². The van der Waals surface area contributed by atoms with E-state index in [0.29, 0.717) is 17.8 Å². The molecule has 2 aromatic heterocycles. The maximum atomic E-state index is 12.7. The molecule has 3 rings (SSSR count). The van der Waals surface area contributed by atoms with E-state index in [2.05, 4.69) is 25.8 Å². The Balaban J connectivity index is 1.74. The second-order valence-electron chi connectivity index (χ2n) is 8.45. The molecule has 0 unspecified atom stereocenters. The molecule has 1 saturated heterocycles. The second kappa shape index (κ2) is 8.15. The molecule has 0 bridgehead atoms. The van der Waals surface area contributed by atoms with Crippen molar-refractivity contribution in [2.24, 2.45) is 0 Å². The average molecular weight is 404 g/mol. The van der Waals surface area contributed by atoms with Crippen molar-refractivity contribution in [2.75, 3.05) is 19.7 Å². The lowest BCUT2D eigenvalue weighted by Crippen LogP contribution is -2.33. The highest BCUT2D eigenvalue weighted by molar-refractivity contribution is 7.20. The second-order valence-corrected chi connectivity index (χ2v) is 9.45. The first-order valence-electron chi connectivity index (χ1n) is 9.91. The molecule has 1 fully saturated rings. The first kappa shape index (κ1) is 20.7. The topological polar surface area (TPSA) is 72.4 Å². The van der Waals surface area contributed by atoms with E-state index in [1.807, 2.05) is 18.7 Å². The molecule has 7 heteroatoms. The lowest BCUT2D eigenvalue weighted by atomic mass is 9.95. The number of aryl methyl sites for hydroxylation is 2. The maximum absolute atomic E-state index is 12.7. The molecule has 0 aliphatic carbocycles. The Morgan fingerprint density at radius 3 is 2.64 bits per heavy atom. The molecule has 152 valence electrons. The van der Waals surface area contributed by atoms with Gasteiger partial charge in [-0.2, -0.15) is 0 Å². The van der Waals surface area contributed by atoms with Crippen LogP contribution in [-0.4, -0.2) is 46.4 Å². The molecule has 2 aromatic rings. The number of aromatic nitrogens is 2. The van der Waals surface area contributed by atoms with Crippen molar-refractivity contribution in [3.8, 4) is 0 Å². The van der Waals surface area contributed by atoms with E-state index in [9.17, 15) is 9.59 Å².